The van der Waals surface area contributed by atoms with Crippen molar-refractivity contribution in [3.8, 4) is 5.75 Å². The monoisotopic (exact) mass is 449 g/mol. The van der Waals surface area contributed by atoms with Crippen molar-refractivity contribution < 1.29 is 27.5 Å². The van der Waals surface area contributed by atoms with E-state index in [1.54, 1.807) is 7.11 Å². The van der Waals surface area contributed by atoms with Crippen LogP contribution in [0, 0.1) is 5.41 Å². The number of piperidine rings is 1. The third-order valence-corrected chi connectivity index (χ3v) is 5.76. The first-order chi connectivity index (χ1) is 15.1. The van der Waals surface area contributed by atoms with E-state index in [1.165, 1.54) is 23.1 Å². The van der Waals surface area contributed by atoms with Crippen LogP contribution in [0.5, 0.6) is 5.75 Å². The Morgan fingerprint density at radius 3 is 2.44 bits per heavy atom. The number of hydrogen-bond acceptors (Lipinski definition) is 3. The van der Waals surface area contributed by atoms with Crippen molar-refractivity contribution in [2.24, 2.45) is 5.41 Å². The van der Waals surface area contributed by atoms with Crippen molar-refractivity contribution in [1.82, 2.24) is 10.2 Å². The van der Waals surface area contributed by atoms with Crippen LogP contribution in [0.2, 0.25) is 0 Å². The normalized spacial score (nSPS) is 15.7. The van der Waals surface area contributed by atoms with Gasteiger partial charge in [-0.25, -0.2) is 4.79 Å². The Balaban J connectivity index is 1.55. The SMILES string of the molecule is COc1cccc(CNC(=O)C2(C)CCN(C(=O)Nc3ccccc3C(F)(F)F)CC2)c1. The molecule has 0 bridgehead atoms. The minimum absolute atomic E-state index is 0.122. The van der Waals surface area contributed by atoms with Gasteiger partial charge in [0.05, 0.1) is 18.4 Å². The first-order valence-electron chi connectivity index (χ1n) is 10.3. The first-order valence-corrected chi connectivity index (χ1v) is 10.3. The summed E-state index contributed by atoms with van der Waals surface area (Å²) in [5.41, 5.74) is -0.942. The van der Waals surface area contributed by atoms with Crippen LogP contribution < -0.4 is 15.4 Å². The van der Waals surface area contributed by atoms with E-state index in [1.807, 2.05) is 31.2 Å². The molecule has 32 heavy (non-hydrogen) atoms. The van der Waals surface area contributed by atoms with E-state index < -0.39 is 23.2 Å². The second kappa shape index (κ2) is 9.50. The first kappa shape index (κ1) is 23.4. The van der Waals surface area contributed by atoms with Gasteiger partial charge < -0.3 is 20.3 Å². The molecule has 0 radical (unpaired) electrons. The second-order valence-corrected chi connectivity index (χ2v) is 8.06. The summed E-state index contributed by atoms with van der Waals surface area (Å²) in [5.74, 6) is 0.581. The lowest BCUT2D eigenvalue weighted by atomic mass is 9.79. The average molecular weight is 449 g/mol. The molecule has 1 heterocycles. The van der Waals surface area contributed by atoms with Gasteiger partial charge in [-0.1, -0.05) is 31.2 Å². The highest BCUT2D eigenvalue weighted by atomic mass is 19.4. The molecule has 9 heteroatoms. The highest BCUT2D eigenvalue weighted by Crippen LogP contribution is 2.35. The summed E-state index contributed by atoms with van der Waals surface area (Å²) in [6, 6.07) is 11.6. The summed E-state index contributed by atoms with van der Waals surface area (Å²) in [7, 11) is 1.57. The molecule has 172 valence electrons. The Morgan fingerprint density at radius 1 is 1.09 bits per heavy atom. The molecule has 1 saturated heterocycles. The van der Waals surface area contributed by atoms with Gasteiger partial charge in [0, 0.05) is 25.0 Å². The van der Waals surface area contributed by atoms with Crippen LogP contribution in [-0.2, 0) is 17.5 Å². The van der Waals surface area contributed by atoms with Crippen LogP contribution >= 0.6 is 0 Å². The Kier molecular flexibility index (Phi) is 6.96. The van der Waals surface area contributed by atoms with Gasteiger partial charge in [-0.15, -0.1) is 0 Å². The molecular formula is C23H26F3N3O3. The van der Waals surface area contributed by atoms with E-state index in [0.29, 0.717) is 25.1 Å². The van der Waals surface area contributed by atoms with E-state index in [0.717, 1.165) is 11.6 Å². The minimum atomic E-state index is -4.56. The Morgan fingerprint density at radius 2 is 1.78 bits per heavy atom. The van der Waals surface area contributed by atoms with Crippen LogP contribution in [0.25, 0.3) is 0 Å². The van der Waals surface area contributed by atoms with Gasteiger partial charge in [0.15, 0.2) is 0 Å². The van der Waals surface area contributed by atoms with E-state index >= 15 is 0 Å². The molecular weight excluding hydrogens is 423 g/mol. The zero-order chi connectivity index (χ0) is 23.4. The number of benzene rings is 2. The molecule has 1 aliphatic rings. The van der Waals surface area contributed by atoms with E-state index in [9.17, 15) is 22.8 Å². The molecule has 3 amide bonds. The number of carbonyl (C=O) groups is 2. The number of rotatable bonds is 5. The zero-order valence-electron chi connectivity index (χ0n) is 18.0. The zero-order valence-corrected chi connectivity index (χ0v) is 18.0. The number of urea groups is 1. The maximum atomic E-state index is 13.2. The summed E-state index contributed by atoms with van der Waals surface area (Å²) < 4.78 is 44.6. The maximum absolute atomic E-state index is 13.2. The van der Waals surface area contributed by atoms with Crippen LogP contribution in [-0.4, -0.2) is 37.0 Å². The number of para-hydroxylation sites is 1. The second-order valence-electron chi connectivity index (χ2n) is 8.06. The quantitative estimate of drug-likeness (QED) is 0.697. The summed E-state index contributed by atoms with van der Waals surface area (Å²) >= 11 is 0. The molecule has 0 atom stereocenters. The molecule has 2 aromatic rings. The third kappa shape index (κ3) is 5.52. The van der Waals surface area contributed by atoms with Crippen molar-refractivity contribution in [3.05, 3.63) is 59.7 Å². The van der Waals surface area contributed by atoms with E-state index in [4.69, 9.17) is 4.74 Å². The van der Waals surface area contributed by atoms with Crippen molar-refractivity contribution in [2.45, 2.75) is 32.5 Å². The topological polar surface area (TPSA) is 70.7 Å². The molecule has 1 aliphatic heterocycles. The molecule has 0 saturated carbocycles. The largest absolute Gasteiger partial charge is 0.497 e. The average Bonchev–Trinajstić information content (AvgIpc) is 2.77. The molecule has 1 fully saturated rings. The van der Waals surface area contributed by atoms with Crippen molar-refractivity contribution in [2.75, 3.05) is 25.5 Å². The van der Waals surface area contributed by atoms with Gasteiger partial charge in [-0.05, 0) is 42.7 Å². The lowest BCUT2D eigenvalue weighted by molar-refractivity contribution is -0.137. The van der Waals surface area contributed by atoms with Crippen molar-refractivity contribution in [1.29, 1.82) is 0 Å². The lowest BCUT2D eigenvalue weighted by Crippen LogP contribution is -2.49. The number of alkyl halides is 3. The molecule has 3 rings (SSSR count). The summed E-state index contributed by atoms with van der Waals surface area (Å²) in [5, 5.41) is 5.29. The van der Waals surface area contributed by atoms with Crippen LogP contribution in [0.4, 0.5) is 23.7 Å². The summed E-state index contributed by atoms with van der Waals surface area (Å²) in [6.45, 7) is 2.72. The smallest absolute Gasteiger partial charge is 0.418 e. The van der Waals surface area contributed by atoms with Crippen molar-refractivity contribution in [3.63, 3.8) is 0 Å². The van der Waals surface area contributed by atoms with Gasteiger partial charge >= 0.3 is 12.2 Å². The van der Waals surface area contributed by atoms with Crippen LogP contribution in [0.1, 0.15) is 30.9 Å². The fraction of sp³-hybridized carbons (Fsp3) is 0.391. The number of anilines is 1. The minimum Gasteiger partial charge on any atom is -0.497 e. The molecule has 0 spiro atoms. The molecule has 0 unspecified atom stereocenters. The number of hydrogen-bond donors (Lipinski definition) is 2. The fourth-order valence-electron chi connectivity index (χ4n) is 3.64. The Labute approximate surface area is 184 Å². The lowest BCUT2D eigenvalue weighted by Gasteiger charge is -2.38. The maximum Gasteiger partial charge on any atom is 0.418 e. The van der Waals surface area contributed by atoms with Crippen molar-refractivity contribution >= 4 is 17.6 Å². The van der Waals surface area contributed by atoms with Gasteiger partial charge in [0.25, 0.3) is 0 Å². The fourth-order valence-corrected chi connectivity index (χ4v) is 3.64. The number of nitrogens with one attached hydrogen (secondary N) is 2. The number of likely N-dealkylation sites (tertiary alicyclic amines) is 1. The van der Waals surface area contributed by atoms with Gasteiger partial charge in [0.2, 0.25) is 5.91 Å². The number of amides is 3. The summed E-state index contributed by atoms with van der Waals surface area (Å²) in [4.78, 5) is 26.8. The Hall–Kier alpha value is -3.23. The third-order valence-electron chi connectivity index (χ3n) is 5.76. The van der Waals surface area contributed by atoms with E-state index in [-0.39, 0.29) is 24.7 Å². The molecule has 0 aromatic heterocycles. The number of halogens is 3. The predicted molar refractivity (Wildman–Crippen MR) is 114 cm³/mol. The van der Waals surface area contributed by atoms with Gasteiger partial charge in [-0.2, -0.15) is 13.2 Å². The predicted octanol–water partition coefficient (Wildman–Crippen LogP) is 4.66. The molecule has 6 nitrogen and oxygen atoms in total. The van der Waals surface area contributed by atoms with Gasteiger partial charge in [0.1, 0.15) is 5.75 Å². The van der Waals surface area contributed by atoms with E-state index in [2.05, 4.69) is 10.6 Å². The summed E-state index contributed by atoms with van der Waals surface area (Å²) in [6.07, 6.45) is -3.75. The molecule has 0 aliphatic carbocycles. The molecule has 2 N–H and O–H groups in total. The number of ether oxygens (including phenoxy) is 1. The van der Waals surface area contributed by atoms with Gasteiger partial charge in [-0.3, -0.25) is 4.79 Å². The number of nitrogens with zero attached hydrogens (tertiary/aromatic N) is 1. The highest BCUT2D eigenvalue weighted by molar-refractivity contribution is 5.90. The highest BCUT2D eigenvalue weighted by Gasteiger charge is 2.39. The van der Waals surface area contributed by atoms with Crippen LogP contribution in [0.15, 0.2) is 48.5 Å². The number of carbonyl (C=O) groups excluding carboxylic acids is 2. The standard InChI is InChI=1S/C23H26F3N3O3/c1-22(20(30)27-15-16-6-5-7-17(14-16)32-2)10-12-29(13-11-22)21(31)28-19-9-4-3-8-18(19)23(24,25)26/h3-9,14H,10-13,15H2,1-2H3,(H,27,30)(H,28,31). The molecule has 2 aromatic carbocycles. The number of methoxy groups -OCH3 is 1. The van der Waals surface area contributed by atoms with Crippen LogP contribution in [0.3, 0.4) is 0 Å². The Bertz CT molecular complexity index is 970.